The Hall–Kier alpha value is -3.93. The summed E-state index contributed by atoms with van der Waals surface area (Å²) in [5.74, 6) is -0.269. The molecule has 0 saturated carbocycles. The molecule has 2 heterocycles. The minimum absolute atomic E-state index is 0.0413. The predicted molar refractivity (Wildman–Crippen MR) is 137 cm³/mol. The van der Waals surface area contributed by atoms with Crippen molar-refractivity contribution in [2.75, 3.05) is 11.5 Å². The standard InChI is InChI=1S/C29H30N2O4/c1-5-16-35-23-14-13-22(17-19(23)4)27(32)25-26(21-11-9-20(10-12-21)18(2)3)31(29(34)28(25)33)24-8-6-7-15-30-24/h6-15,17-18,26,32H,5,16H2,1-4H3/b27-25+. The van der Waals surface area contributed by atoms with E-state index in [0.717, 1.165) is 28.9 Å². The SMILES string of the molecule is CCCOc1ccc(/C(O)=C2\C(=O)C(=O)N(c3ccccn3)C2c2ccc(C(C)C)cc2)cc1C. The van der Waals surface area contributed by atoms with Gasteiger partial charge in [0, 0.05) is 11.8 Å². The highest BCUT2D eigenvalue weighted by Crippen LogP contribution is 2.42. The van der Waals surface area contributed by atoms with Gasteiger partial charge >= 0.3 is 5.91 Å². The van der Waals surface area contributed by atoms with E-state index in [1.54, 1.807) is 42.6 Å². The van der Waals surface area contributed by atoms with Gasteiger partial charge in [0.2, 0.25) is 0 Å². The van der Waals surface area contributed by atoms with Crippen molar-refractivity contribution in [1.82, 2.24) is 4.98 Å². The van der Waals surface area contributed by atoms with Crippen LogP contribution in [-0.4, -0.2) is 28.4 Å². The molecule has 1 fully saturated rings. The number of amides is 1. The van der Waals surface area contributed by atoms with Gasteiger partial charge in [0.15, 0.2) is 0 Å². The Morgan fingerprint density at radius 2 is 1.83 bits per heavy atom. The van der Waals surface area contributed by atoms with E-state index in [9.17, 15) is 14.7 Å². The minimum atomic E-state index is -0.803. The highest BCUT2D eigenvalue weighted by atomic mass is 16.5. The molecule has 3 aromatic rings. The van der Waals surface area contributed by atoms with E-state index >= 15 is 0 Å². The zero-order valence-corrected chi connectivity index (χ0v) is 20.5. The molecular weight excluding hydrogens is 440 g/mol. The quantitative estimate of drug-likeness (QED) is 0.263. The first-order chi connectivity index (χ1) is 16.8. The van der Waals surface area contributed by atoms with Gasteiger partial charge in [0.05, 0.1) is 18.2 Å². The Morgan fingerprint density at radius 3 is 2.43 bits per heavy atom. The number of pyridine rings is 1. The van der Waals surface area contributed by atoms with Gasteiger partial charge in [-0.05, 0) is 66.3 Å². The molecule has 4 rings (SSSR count). The maximum absolute atomic E-state index is 13.3. The van der Waals surface area contributed by atoms with Crippen LogP contribution in [-0.2, 0) is 9.59 Å². The zero-order valence-electron chi connectivity index (χ0n) is 20.5. The van der Waals surface area contributed by atoms with E-state index in [4.69, 9.17) is 4.74 Å². The lowest BCUT2D eigenvalue weighted by Gasteiger charge is -2.24. The second-order valence-corrected chi connectivity index (χ2v) is 9.01. The van der Waals surface area contributed by atoms with Crippen molar-refractivity contribution in [3.8, 4) is 5.75 Å². The van der Waals surface area contributed by atoms with E-state index in [0.29, 0.717) is 23.9 Å². The van der Waals surface area contributed by atoms with E-state index in [2.05, 4.69) is 18.8 Å². The van der Waals surface area contributed by atoms with Crippen LogP contribution < -0.4 is 9.64 Å². The van der Waals surface area contributed by atoms with Crippen LogP contribution in [0.4, 0.5) is 5.82 Å². The molecule has 1 aliphatic heterocycles. The van der Waals surface area contributed by atoms with Crippen LogP contribution in [0.2, 0.25) is 0 Å². The molecule has 35 heavy (non-hydrogen) atoms. The number of ketones is 1. The van der Waals surface area contributed by atoms with E-state index in [1.165, 1.54) is 4.90 Å². The third-order valence-electron chi connectivity index (χ3n) is 6.17. The van der Waals surface area contributed by atoms with E-state index in [-0.39, 0.29) is 11.3 Å². The lowest BCUT2D eigenvalue weighted by Crippen LogP contribution is -2.30. The summed E-state index contributed by atoms with van der Waals surface area (Å²) in [5.41, 5.74) is 3.19. The van der Waals surface area contributed by atoms with Gasteiger partial charge in [-0.1, -0.05) is 51.1 Å². The summed E-state index contributed by atoms with van der Waals surface area (Å²) in [4.78, 5) is 32.2. The third-order valence-corrected chi connectivity index (χ3v) is 6.17. The molecule has 1 unspecified atom stereocenters. The van der Waals surface area contributed by atoms with Crippen LogP contribution in [0.1, 0.15) is 61.4 Å². The van der Waals surface area contributed by atoms with E-state index in [1.807, 2.05) is 38.1 Å². The molecular formula is C29H30N2O4. The highest BCUT2D eigenvalue weighted by Gasteiger charge is 2.47. The number of hydrogen-bond donors (Lipinski definition) is 1. The topological polar surface area (TPSA) is 79.7 Å². The molecule has 1 N–H and O–H groups in total. The Kier molecular flexibility index (Phi) is 7.01. The van der Waals surface area contributed by atoms with Crippen molar-refractivity contribution in [3.63, 3.8) is 0 Å². The molecule has 6 heteroatoms. The maximum atomic E-state index is 13.3. The second kappa shape index (κ2) is 10.1. The van der Waals surface area contributed by atoms with Crippen LogP contribution >= 0.6 is 0 Å². The van der Waals surface area contributed by atoms with Crippen molar-refractivity contribution in [2.24, 2.45) is 0 Å². The summed E-state index contributed by atoms with van der Waals surface area (Å²) < 4.78 is 5.74. The van der Waals surface area contributed by atoms with Crippen molar-refractivity contribution in [1.29, 1.82) is 0 Å². The van der Waals surface area contributed by atoms with Crippen LogP contribution in [0.3, 0.4) is 0 Å². The minimum Gasteiger partial charge on any atom is -0.507 e. The van der Waals surface area contributed by atoms with Gasteiger partial charge in [-0.25, -0.2) is 4.98 Å². The number of rotatable bonds is 7. The van der Waals surface area contributed by atoms with Crippen molar-refractivity contribution in [3.05, 3.63) is 94.7 Å². The fourth-order valence-corrected chi connectivity index (χ4v) is 4.27. The van der Waals surface area contributed by atoms with Crippen LogP contribution in [0.15, 0.2) is 72.4 Å². The van der Waals surface area contributed by atoms with Gasteiger partial charge in [-0.15, -0.1) is 0 Å². The number of benzene rings is 2. The number of anilines is 1. The molecule has 1 saturated heterocycles. The van der Waals surface area contributed by atoms with Crippen LogP contribution in [0.5, 0.6) is 5.75 Å². The smallest absolute Gasteiger partial charge is 0.301 e. The molecule has 2 aromatic carbocycles. The molecule has 6 nitrogen and oxygen atoms in total. The first-order valence-corrected chi connectivity index (χ1v) is 11.9. The molecule has 0 bridgehead atoms. The largest absolute Gasteiger partial charge is 0.507 e. The summed E-state index contributed by atoms with van der Waals surface area (Å²) in [5, 5.41) is 11.4. The number of carbonyl (C=O) groups is 2. The number of carbonyl (C=O) groups excluding carboxylic acids is 2. The highest BCUT2D eigenvalue weighted by molar-refractivity contribution is 6.51. The number of Topliss-reactive ketones (excluding diaryl/α,β-unsaturated/α-hetero) is 1. The molecule has 1 amide bonds. The number of hydrogen-bond acceptors (Lipinski definition) is 5. The Balaban J connectivity index is 1.86. The normalized spacial score (nSPS) is 17.3. The molecule has 0 spiro atoms. The van der Waals surface area contributed by atoms with Gasteiger partial charge in [-0.2, -0.15) is 0 Å². The summed E-state index contributed by atoms with van der Waals surface area (Å²) >= 11 is 0. The fourth-order valence-electron chi connectivity index (χ4n) is 4.27. The maximum Gasteiger partial charge on any atom is 0.301 e. The predicted octanol–water partition coefficient (Wildman–Crippen LogP) is 5.93. The number of nitrogens with zero attached hydrogens (tertiary/aromatic N) is 2. The number of aromatic nitrogens is 1. The van der Waals surface area contributed by atoms with Gasteiger partial charge in [0.25, 0.3) is 5.78 Å². The number of aryl methyl sites for hydroxylation is 1. The molecule has 1 atom stereocenters. The van der Waals surface area contributed by atoms with Gasteiger partial charge in [0.1, 0.15) is 17.3 Å². The average molecular weight is 471 g/mol. The monoisotopic (exact) mass is 470 g/mol. The van der Waals surface area contributed by atoms with Crippen LogP contribution in [0, 0.1) is 6.92 Å². The first kappa shape index (κ1) is 24.2. The molecule has 0 radical (unpaired) electrons. The molecule has 180 valence electrons. The second-order valence-electron chi connectivity index (χ2n) is 9.01. The fraction of sp³-hybridized carbons (Fsp3) is 0.276. The third kappa shape index (κ3) is 4.69. The first-order valence-electron chi connectivity index (χ1n) is 11.9. The van der Waals surface area contributed by atoms with E-state index < -0.39 is 17.7 Å². The molecule has 1 aliphatic rings. The Bertz CT molecular complexity index is 1260. The van der Waals surface area contributed by atoms with Crippen molar-refractivity contribution < 1.29 is 19.4 Å². The van der Waals surface area contributed by atoms with Crippen molar-refractivity contribution >= 4 is 23.3 Å². The average Bonchev–Trinajstić information content (AvgIpc) is 3.13. The Morgan fingerprint density at radius 1 is 1.09 bits per heavy atom. The number of aliphatic hydroxyl groups excluding tert-OH is 1. The van der Waals surface area contributed by atoms with Crippen LogP contribution in [0.25, 0.3) is 5.76 Å². The van der Waals surface area contributed by atoms with Crippen molar-refractivity contribution in [2.45, 2.75) is 46.1 Å². The summed E-state index contributed by atoms with van der Waals surface area (Å²) in [6, 6.07) is 17.4. The molecule has 0 aliphatic carbocycles. The number of aliphatic hydroxyl groups is 1. The van der Waals surface area contributed by atoms with Gasteiger partial charge in [-0.3, -0.25) is 14.5 Å². The summed E-state index contributed by atoms with van der Waals surface area (Å²) in [6.45, 7) is 8.71. The summed E-state index contributed by atoms with van der Waals surface area (Å²) in [6.07, 6.45) is 2.46. The molecule has 1 aromatic heterocycles. The lowest BCUT2D eigenvalue weighted by atomic mass is 9.93. The zero-order chi connectivity index (χ0) is 25.1. The number of ether oxygens (including phenoxy) is 1. The summed E-state index contributed by atoms with van der Waals surface area (Å²) in [7, 11) is 0. The Labute approximate surface area is 205 Å². The lowest BCUT2D eigenvalue weighted by molar-refractivity contribution is -0.132. The van der Waals surface area contributed by atoms with Gasteiger partial charge < -0.3 is 9.84 Å².